The molecule has 2 aromatic rings. The van der Waals surface area contributed by atoms with Gasteiger partial charge in [-0.05, 0) is 41.7 Å². The lowest BCUT2D eigenvalue weighted by Gasteiger charge is -2.28. The predicted octanol–water partition coefficient (Wildman–Crippen LogP) is 2.10. The molecule has 0 bridgehead atoms. The molecule has 0 unspecified atom stereocenters. The highest BCUT2D eigenvalue weighted by molar-refractivity contribution is 5.95. The summed E-state index contributed by atoms with van der Waals surface area (Å²) in [4.78, 5) is 29.9. The number of aromatic nitrogens is 1. The van der Waals surface area contributed by atoms with E-state index in [4.69, 9.17) is 0 Å². The molecule has 2 amide bonds. The number of amides is 2. The van der Waals surface area contributed by atoms with Gasteiger partial charge in [0.1, 0.15) is 5.82 Å². The third-order valence-corrected chi connectivity index (χ3v) is 4.42. The first kappa shape index (κ1) is 17.1. The molecule has 2 heterocycles. The monoisotopic (exact) mass is 341 g/mol. The van der Waals surface area contributed by atoms with Crippen LogP contribution in [0.5, 0.6) is 0 Å². The molecule has 5 nitrogen and oxygen atoms in total. The molecule has 130 valence electrons. The van der Waals surface area contributed by atoms with Gasteiger partial charge >= 0.3 is 0 Å². The van der Waals surface area contributed by atoms with Crippen molar-refractivity contribution in [2.45, 2.75) is 26.3 Å². The fraction of sp³-hybridized carbons (Fsp3) is 0.316. The van der Waals surface area contributed by atoms with E-state index in [0.29, 0.717) is 38.0 Å². The highest BCUT2D eigenvalue weighted by atomic mass is 19.1. The van der Waals surface area contributed by atoms with Gasteiger partial charge in [0.25, 0.3) is 5.91 Å². The van der Waals surface area contributed by atoms with Crippen molar-refractivity contribution < 1.29 is 14.0 Å². The van der Waals surface area contributed by atoms with Crippen LogP contribution in [-0.4, -0.2) is 34.8 Å². The van der Waals surface area contributed by atoms with Crippen LogP contribution in [0.2, 0.25) is 0 Å². The van der Waals surface area contributed by atoms with E-state index in [9.17, 15) is 14.0 Å². The molecule has 0 fully saturated rings. The number of carbonyl (C=O) groups excluding carboxylic acids is 2. The van der Waals surface area contributed by atoms with E-state index in [2.05, 4.69) is 10.3 Å². The fourth-order valence-electron chi connectivity index (χ4n) is 3.07. The second kappa shape index (κ2) is 7.42. The SMILES string of the molecule is CC(=O)N1CCc2c(cncc2C(=O)NCCc2cccc(F)c2)C1. The topological polar surface area (TPSA) is 62.3 Å². The summed E-state index contributed by atoms with van der Waals surface area (Å²) in [6.45, 7) is 3.06. The van der Waals surface area contributed by atoms with E-state index in [0.717, 1.165) is 16.7 Å². The van der Waals surface area contributed by atoms with E-state index in [-0.39, 0.29) is 17.6 Å². The number of fused-ring (bicyclic) bond motifs is 1. The molecule has 6 heteroatoms. The van der Waals surface area contributed by atoms with Gasteiger partial charge in [-0.1, -0.05) is 12.1 Å². The van der Waals surface area contributed by atoms with Crippen molar-refractivity contribution in [1.29, 1.82) is 0 Å². The Morgan fingerprint density at radius 2 is 2.16 bits per heavy atom. The molecule has 0 radical (unpaired) electrons. The number of hydrogen-bond acceptors (Lipinski definition) is 3. The van der Waals surface area contributed by atoms with Crippen LogP contribution in [0.1, 0.15) is 34.0 Å². The number of hydrogen-bond donors (Lipinski definition) is 1. The maximum Gasteiger partial charge on any atom is 0.253 e. The molecule has 0 spiro atoms. The van der Waals surface area contributed by atoms with Crippen molar-refractivity contribution in [3.63, 3.8) is 0 Å². The minimum atomic E-state index is -0.278. The van der Waals surface area contributed by atoms with E-state index >= 15 is 0 Å². The molecule has 0 saturated heterocycles. The van der Waals surface area contributed by atoms with Crippen molar-refractivity contribution in [3.8, 4) is 0 Å². The van der Waals surface area contributed by atoms with Gasteiger partial charge in [-0.15, -0.1) is 0 Å². The molecule has 1 aliphatic heterocycles. The minimum Gasteiger partial charge on any atom is -0.352 e. The van der Waals surface area contributed by atoms with Gasteiger partial charge in [-0.3, -0.25) is 14.6 Å². The number of halogens is 1. The quantitative estimate of drug-likeness (QED) is 0.926. The average Bonchev–Trinajstić information content (AvgIpc) is 2.60. The van der Waals surface area contributed by atoms with Crippen LogP contribution in [0.15, 0.2) is 36.7 Å². The lowest BCUT2D eigenvalue weighted by molar-refractivity contribution is -0.129. The Labute approximate surface area is 145 Å². The predicted molar refractivity (Wildman–Crippen MR) is 91.5 cm³/mol. The van der Waals surface area contributed by atoms with Crippen molar-refractivity contribution >= 4 is 11.8 Å². The van der Waals surface area contributed by atoms with Crippen LogP contribution < -0.4 is 5.32 Å². The number of carbonyl (C=O) groups is 2. The zero-order valence-electron chi connectivity index (χ0n) is 14.1. The Balaban J connectivity index is 1.65. The van der Waals surface area contributed by atoms with Gasteiger partial charge in [-0.25, -0.2) is 4.39 Å². The van der Waals surface area contributed by atoms with Gasteiger partial charge in [0.05, 0.1) is 5.56 Å². The summed E-state index contributed by atoms with van der Waals surface area (Å²) in [5.74, 6) is -0.437. The standard InChI is InChI=1S/C19H20FN3O2/c1-13(24)23-8-6-17-15(12-23)10-21-11-18(17)19(25)22-7-5-14-3-2-4-16(20)9-14/h2-4,9-11H,5-8,12H2,1H3,(H,22,25). The second-order valence-corrected chi connectivity index (χ2v) is 6.15. The van der Waals surface area contributed by atoms with Crippen molar-refractivity contribution in [2.75, 3.05) is 13.1 Å². The molecule has 25 heavy (non-hydrogen) atoms. The average molecular weight is 341 g/mol. The highest BCUT2D eigenvalue weighted by Crippen LogP contribution is 2.21. The van der Waals surface area contributed by atoms with Crippen LogP contribution in [-0.2, 0) is 24.2 Å². The van der Waals surface area contributed by atoms with Crippen LogP contribution in [0, 0.1) is 5.82 Å². The molecule has 3 rings (SSSR count). The Morgan fingerprint density at radius 3 is 2.92 bits per heavy atom. The minimum absolute atomic E-state index is 0.0237. The molecule has 0 saturated carbocycles. The summed E-state index contributed by atoms with van der Waals surface area (Å²) in [6, 6.07) is 6.35. The largest absolute Gasteiger partial charge is 0.352 e. The Hall–Kier alpha value is -2.76. The number of nitrogens with one attached hydrogen (secondary N) is 1. The van der Waals surface area contributed by atoms with Crippen LogP contribution >= 0.6 is 0 Å². The molecule has 1 N–H and O–H groups in total. The molecule has 0 aliphatic carbocycles. The van der Waals surface area contributed by atoms with Crippen LogP contribution in [0.4, 0.5) is 4.39 Å². The van der Waals surface area contributed by atoms with Gasteiger partial charge in [-0.2, -0.15) is 0 Å². The van der Waals surface area contributed by atoms with Crippen molar-refractivity contribution in [2.24, 2.45) is 0 Å². The van der Waals surface area contributed by atoms with Crippen LogP contribution in [0.25, 0.3) is 0 Å². The highest BCUT2D eigenvalue weighted by Gasteiger charge is 2.23. The summed E-state index contributed by atoms with van der Waals surface area (Å²) in [7, 11) is 0. The number of pyridine rings is 1. The second-order valence-electron chi connectivity index (χ2n) is 6.15. The zero-order chi connectivity index (χ0) is 17.8. The third-order valence-electron chi connectivity index (χ3n) is 4.42. The molecular formula is C19H20FN3O2. The first-order valence-electron chi connectivity index (χ1n) is 8.28. The first-order valence-corrected chi connectivity index (χ1v) is 8.28. The van der Waals surface area contributed by atoms with Gasteiger partial charge in [0.15, 0.2) is 0 Å². The van der Waals surface area contributed by atoms with Gasteiger partial charge < -0.3 is 10.2 Å². The number of rotatable bonds is 4. The molecule has 0 atom stereocenters. The maximum atomic E-state index is 13.2. The molecule has 1 aromatic heterocycles. The number of benzene rings is 1. The van der Waals surface area contributed by atoms with Crippen LogP contribution in [0.3, 0.4) is 0 Å². The summed E-state index contributed by atoms with van der Waals surface area (Å²) in [5.41, 5.74) is 3.26. The maximum absolute atomic E-state index is 13.2. The smallest absolute Gasteiger partial charge is 0.253 e. The van der Waals surface area contributed by atoms with E-state index in [1.165, 1.54) is 12.1 Å². The summed E-state index contributed by atoms with van der Waals surface area (Å²) < 4.78 is 13.2. The summed E-state index contributed by atoms with van der Waals surface area (Å²) >= 11 is 0. The molecule has 1 aliphatic rings. The zero-order valence-corrected chi connectivity index (χ0v) is 14.1. The number of nitrogens with zero attached hydrogens (tertiary/aromatic N) is 2. The molecular weight excluding hydrogens is 321 g/mol. The van der Waals surface area contributed by atoms with Crippen molar-refractivity contribution in [3.05, 3.63) is 64.7 Å². The normalized spacial score (nSPS) is 13.3. The van der Waals surface area contributed by atoms with E-state index < -0.39 is 0 Å². The van der Waals surface area contributed by atoms with Gasteiger partial charge in [0, 0.05) is 39.0 Å². The molecule has 1 aromatic carbocycles. The summed E-state index contributed by atoms with van der Waals surface area (Å²) in [5, 5.41) is 2.87. The van der Waals surface area contributed by atoms with E-state index in [1.54, 1.807) is 30.3 Å². The lowest BCUT2D eigenvalue weighted by atomic mass is 9.96. The Morgan fingerprint density at radius 1 is 1.32 bits per heavy atom. The summed E-state index contributed by atoms with van der Waals surface area (Å²) in [6.07, 6.45) is 4.49. The van der Waals surface area contributed by atoms with Gasteiger partial charge in [0.2, 0.25) is 5.91 Å². The Kier molecular flexibility index (Phi) is 5.07. The lowest BCUT2D eigenvalue weighted by Crippen LogP contribution is -2.36. The third kappa shape index (κ3) is 4.02. The van der Waals surface area contributed by atoms with Crippen molar-refractivity contribution in [1.82, 2.24) is 15.2 Å². The Bertz CT molecular complexity index is 807. The van der Waals surface area contributed by atoms with E-state index in [1.807, 2.05) is 6.07 Å². The first-order chi connectivity index (χ1) is 12.0. The fourth-order valence-corrected chi connectivity index (χ4v) is 3.07.